The monoisotopic (exact) mass is 401 g/mol. The fourth-order valence-electron chi connectivity index (χ4n) is 2.57. The summed E-state index contributed by atoms with van der Waals surface area (Å²) in [5, 5.41) is 3.06. The highest BCUT2D eigenvalue weighted by Gasteiger charge is 2.17. The van der Waals surface area contributed by atoms with Crippen LogP contribution in [0.15, 0.2) is 58.3 Å². The number of ether oxygens (including phenoxy) is 2. The second kappa shape index (κ2) is 8.01. The fraction of sp³-hybridized carbons (Fsp3) is 0.105. The number of amides is 1. The molecule has 3 aromatic rings. The average molecular weight is 402 g/mol. The fourth-order valence-corrected chi connectivity index (χ4v) is 2.70. The van der Waals surface area contributed by atoms with Gasteiger partial charge in [-0.05, 0) is 36.4 Å². The number of benzene rings is 2. The van der Waals surface area contributed by atoms with E-state index in [-0.39, 0.29) is 11.3 Å². The number of nitrogens with zero attached hydrogens (tertiary/aromatic N) is 1. The molecule has 0 saturated carbocycles. The molecule has 1 amide bonds. The van der Waals surface area contributed by atoms with Crippen LogP contribution in [0.25, 0.3) is 5.69 Å². The van der Waals surface area contributed by atoms with Gasteiger partial charge in [-0.3, -0.25) is 9.59 Å². The highest BCUT2D eigenvalue weighted by molar-refractivity contribution is 6.30. The SMILES string of the molecule is COc1ccc(NC(=O)c2c[nH]c(=O)n(-c3ccc(Cl)cc3)c2=O)cc1OC. The number of anilines is 1. The molecule has 0 atom stereocenters. The molecule has 8 nitrogen and oxygen atoms in total. The van der Waals surface area contributed by atoms with Crippen molar-refractivity contribution in [2.75, 3.05) is 19.5 Å². The Morgan fingerprint density at radius 3 is 2.36 bits per heavy atom. The minimum atomic E-state index is -0.760. The molecule has 28 heavy (non-hydrogen) atoms. The van der Waals surface area contributed by atoms with Crippen LogP contribution in [0.4, 0.5) is 5.69 Å². The van der Waals surface area contributed by atoms with Crippen molar-refractivity contribution in [1.29, 1.82) is 0 Å². The third-order valence-corrected chi connectivity index (χ3v) is 4.20. The minimum Gasteiger partial charge on any atom is -0.493 e. The van der Waals surface area contributed by atoms with Gasteiger partial charge in [0.25, 0.3) is 11.5 Å². The van der Waals surface area contributed by atoms with Crippen molar-refractivity contribution < 1.29 is 14.3 Å². The highest BCUT2D eigenvalue weighted by Crippen LogP contribution is 2.29. The van der Waals surface area contributed by atoms with Crippen molar-refractivity contribution in [2.45, 2.75) is 0 Å². The summed E-state index contributed by atoms with van der Waals surface area (Å²) in [7, 11) is 2.96. The van der Waals surface area contributed by atoms with Crippen LogP contribution in [0.1, 0.15) is 10.4 Å². The maximum atomic E-state index is 12.7. The molecule has 2 aromatic carbocycles. The number of rotatable bonds is 5. The molecule has 0 aliphatic carbocycles. The van der Waals surface area contributed by atoms with Crippen molar-refractivity contribution >= 4 is 23.2 Å². The van der Waals surface area contributed by atoms with Crippen LogP contribution >= 0.6 is 11.6 Å². The summed E-state index contributed by atoms with van der Waals surface area (Å²) < 4.78 is 11.2. The lowest BCUT2D eigenvalue weighted by Gasteiger charge is -2.11. The van der Waals surface area contributed by atoms with Crippen molar-refractivity contribution in [3.63, 3.8) is 0 Å². The van der Waals surface area contributed by atoms with Gasteiger partial charge in [-0.1, -0.05) is 11.6 Å². The van der Waals surface area contributed by atoms with Crippen LogP contribution < -0.4 is 26.0 Å². The molecule has 0 aliphatic heterocycles. The first-order valence-electron chi connectivity index (χ1n) is 8.08. The van der Waals surface area contributed by atoms with Crippen LogP contribution in [0.3, 0.4) is 0 Å². The Kier molecular flexibility index (Phi) is 5.51. The van der Waals surface area contributed by atoms with E-state index < -0.39 is 17.2 Å². The summed E-state index contributed by atoms with van der Waals surface area (Å²) >= 11 is 5.84. The van der Waals surface area contributed by atoms with Gasteiger partial charge in [0.2, 0.25) is 0 Å². The van der Waals surface area contributed by atoms with Crippen molar-refractivity contribution in [3.05, 3.63) is 80.1 Å². The zero-order valence-electron chi connectivity index (χ0n) is 15.0. The number of hydrogen-bond acceptors (Lipinski definition) is 5. The van der Waals surface area contributed by atoms with E-state index >= 15 is 0 Å². The second-order valence-electron chi connectivity index (χ2n) is 5.65. The first-order chi connectivity index (χ1) is 13.4. The standard InChI is InChI=1S/C19H16ClN3O5/c1-27-15-8-5-12(9-16(15)28-2)22-17(24)14-10-21-19(26)23(18(14)25)13-6-3-11(20)4-7-13/h3-10H,1-2H3,(H,21,26)(H,22,24). The van der Waals surface area contributed by atoms with E-state index in [0.717, 1.165) is 10.8 Å². The van der Waals surface area contributed by atoms with E-state index in [1.54, 1.807) is 30.3 Å². The second-order valence-corrected chi connectivity index (χ2v) is 6.08. The van der Waals surface area contributed by atoms with Crippen LogP contribution in [0.2, 0.25) is 5.02 Å². The maximum Gasteiger partial charge on any atom is 0.333 e. The molecule has 144 valence electrons. The number of carbonyl (C=O) groups excluding carboxylic acids is 1. The summed E-state index contributed by atoms with van der Waals surface area (Å²) in [6.45, 7) is 0. The van der Waals surface area contributed by atoms with Gasteiger partial charge in [-0.15, -0.1) is 0 Å². The van der Waals surface area contributed by atoms with Crippen molar-refractivity contribution in [2.24, 2.45) is 0 Å². The third-order valence-electron chi connectivity index (χ3n) is 3.95. The molecule has 1 heterocycles. The average Bonchev–Trinajstić information content (AvgIpc) is 2.69. The van der Waals surface area contributed by atoms with Gasteiger partial charge < -0.3 is 19.8 Å². The number of carbonyl (C=O) groups is 1. The van der Waals surface area contributed by atoms with Gasteiger partial charge in [-0.25, -0.2) is 9.36 Å². The zero-order chi connectivity index (χ0) is 20.3. The summed E-state index contributed by atoms with van der Waals surface area (Å²) in [6.07, 6.45) is 1.08. The zero-order valence-corrected chi connectivity index (χ0v) is 15.7. The highest BCUT2D eigenvalue weighted by atomic mass is 35.5. The van der Waals surface area contributed by atoms with E-state index in [4.69, 9.17) is 21.1 Å². The molecule has 0 fully saturated rings. The Hall–Kier alpha value is -3.52. The Bertz CT molecular complexity index is 1140. The maximum absolute atomic E-state index is 12.7. The van der Waals surface area contributed by atoms with Gasteiger partial charge in [0.05, 0.1) is 19.9 Å². The first-order valence-corrected chi connectivity index (χ1v) is 8.46. The molecule has 2 N–H and O–H groups in total. The molecule has 1 aromatic heterocycles. The molecule has 0 bridgehead atoms. The lowest BCUT2D eigenvalue weighted by atomic mass is 10.2. The summed E-state index contributed by atoms with van der Waals surface area (Å²) in [6, 6.07) is 10.9. The van der Waals surface area contributed by atoms with Gasteiger partial charge in [-0.2, -0.15) is 0 Å². The molecule has 0 aliphatic rings. The number of methoxy groups -OCH3 is 2. The third kappa shape index (κ3) is 3.77. The molecular formula is C19H16ClN3O5. The molecule has 0 radical (unpaired) electrons. The number of aromatic amines is 1. The summed E-state index contributed by atoms with van der Waals surface area (Å²) in [5.74, 6) is 0.228. The number of halogens is 1. The molecule has 9 heteroatoms. The van der Waals surface area contributed by atoms with Gasteiger partial charge in [0, 0.05) is 23.0 Å². The Morgan fingerprint density at radius 2 is 1.71 bits per heavy atom. The van der Waals surface area contributed by atoms with E-state index in [1.165, 1.54) is 26.4 Å². The Morgan fingerprint density at radius 1 is 1.04 bits per heavy atom. The summed E-state index contributed by atoms with van der Waals surface area (Å²) in [4.78, 5) is 39.9. The lowest BCUT2D eigenvalue weighted by molar-refractivity contribution is 0.102. The normalized spacial score (nSPS) is 10.4. The van der Waals surface area contributed by atoms with Crippen LogP contribution in [0, 0.1) is 0 Å². The van der Waals surface area contributed by atoms with E-state index in [9.17, 15) is 14.4 Å². The van der Waals surface area contributed by atoms with Crippen LogP contribution in [-0.4, -0.2) is 29.7 Å². The predicted octanol–water partition coefficient (Wildman–Crippen LogP) is 2.45. The number of hydrogen-bond donors (Lipinski definition) is 2. The molecule has 0 unspecified atom stereocenters. The largest absolute Gasteiger partial charge is 0.493 e. The predicted molar refractivity (Wildman–Crippen MR) is 105 cm³/mol. The van der Waals surface area contributed by atoms with E-state index in [2.05, 4.69) is 10.3 Å². The van der Waals surface area contributed by atoms with Crippen LogP contribution in [-0.2, 0) is 0 Å². The van der Waals surface area contributed by atoms with Gasteiger partial charge >= 0.3 is 5.69 Å². The molecule has 3 rings (SSSR count). The smallest absolute Gasteiger partial charge is 0.333 e. The van der Waals surface area contributed by atoms with E-state index in [0.29, 0.717) is 22.2 Å². The first kappa shape index (κ1) is 19.2. The van der Waals surface area contributed by atoms with Gasteiger partial charge in [0.15, 0.2) is 11.5 Å². The minimum absolute atomic E-state index is 0.232. The van der Waals surface area contributed by atoms with Crippen molar-refractivity contribution in [1.82, 2.24) is 9.55 Å². The Labute approximate surface area is 164 Å². The summed E-state index contributed by atoms with van der Waals surface area (Å²) in [5.41, 5.74) is -0.980. The number of aromatic nitrogens is 2. The topological polar surface area (TPSA) is 102 Å². The number of nitrogens with one attached hydrogen (secondary N) is 2. The quantitative estimate of drug-likeness (QED) is 0.683. The molecule has 0 saturated heterocycles. The number of H-pyrrole nitrogens is 1. The van der Waals surface area contributed by atoms with Gasteiger partial charge in [0.1, 0.15) is 5.56 Å². The molecule has 0 spiro atoms. The molecular weight excluding hydrogens is 386 g/mol. The van der Waals surface area contributed by atoms with E-state index in [1.807, 2.05) is 0 Å². The van der Waals surface area contributed by atoms with Crippen LogP contribution in [0.5, 0.6) is 11.5 Å². The Balaban J connectivity index is 1.97. The van der Waals surface area contributed by atoms with Crippen molar-refractivity contribution in [3.8, 4) is 17.2 Å². The lowest BCUT2D eigenvalue weighted by Crippen LogP contribution is -2.38.